The molecule has 0 spiro atoms. The number of halogens is 1. The first kappa shape index (κ1) is 11.7. The summed E-state index contributed by atoms with van der Waals surface area (Å²) in [5.41, 5.74) is 0. The minimum Gasteiger partial charge on any atom is -0.468 e. The van der Waals surface area contributed by atoms with Crippen molar-refractivity contribution in [1.82, 2.24) is 0 Å². The second-order valence-corrected chi connectivity index (χ2v) is 5.73. The van der Waals surface area contributed by atoms with E-state index < -0.39 is 26.4 Å². The molecule has 0 saturated carbocycles. The summed E-state index contributed by atoms with van der Waals surface area (Å²) in [5.74, 6) is -1.16. The molecule has 0 N–H and O–H groups in total. The van der Waals surface area contributed by atoms with E-state index in [9.17, 15) is 13.2 Å². The Labute approximate surface area is 76.8 Å². The Hall–Kier alpha value is -0.290. The van der Waals surface area contributed by atoms with E-state index in [1.54, 1.807) is 0 Å². The standard InChI is InChI=1S/C6H11ClO4S/c1-6(7,5(8)11-2)4-12(3,9)10/h4H2,1-3H3. The molecule has 0 radical (unpaired) electrons. The second-order valence-electron chi connectivity index (χ2n) is 2.76. The fourth-order valence-corrected chi connectivity index (χ4v) is 2.54. The first-order valence-corrected chi connectivity index (χ1v) is 5.58. The molecule has 0 aromatic rings. The molecular formula is C6H11ClO4S. The SMILES string of the molecule is COC(=O)C(C)(Cl)CS(C)(=O)=O. The van der Waals surface area contributed by atoms with E-state index in [4.69, 9.17) is 11.6 Å². The summed E-state index contributed by atoms with van der Waals surface area (Å²) in [6, 6.07) is 0. The summed E-state index contributed by atoms with van der Waals surface area (Å²) in [7, 11) is -2.11. The van der Waals surface area contributed by atoms with E-state index in [1.165, 1.54) is 6.92 Å². The van der Waals surface area contributed by atoms with Crippen molar-refractivity contribution in [2.45, 2.75) is 11.8 Å². The number of rotatable bonds is 3. The fourth-order valence-electron chi connectivity index (χ4n) is 0.764. The molecule has 4 nitrogen and oxygen atoms in total. The number of esters is 1. The van der Waals surface area contributed by atoms with E-state index in [-0.39, 0.29) is 0 Å². The van der Waals surface area contributed by atoms with E-state index in [2.05, 4.69) is 4.74 Å². The third kappa shape index (κ3) is 3.92. The van der Waals surface area contributed by atoms with Crippen LogP contribution >= 0.6 is 11.6 Å². The first-order chi connectivity index (χ1) is 5.19. The lowest BCUT2D eigenvalue weighted by atomic mass is 10.2. The summed E-state index contributed by atoms with van der Waals surface area (Å²) in [4.78, 5) is 9.41. The monoisotopic (exact) mass is 214 g/mol. The Bertz CT molecular complexity index is 267. The van der Waals surface area contributed by atoms with Crippen molar-refractivity contribution in [3.63, 3.8) is 0 Å². The largest absolute Gasteiger partial charge is 0.468 e. The van der Waals surface area contributed by atoms with E-state index in [0.29, 0.717) is 0 Å². The van der Waals surface area contributed by atoms with Crippen molar-refractivity contribution in [1.29, 1.82) is 0 Å². The van der Waals surface area contributed by atoms with Crippen LogP contribution in [0.5, 0.6) is 0 Å². The van der Waals surface area contributed by atoms with Crippen molar-refractivity contribution < 1.29 is 17.9 Å². The van der Waals surface area contributed by atoms with Gasteiger partial charge in [0, 0.05) is 6.26 Å². The van der Waals surface area contributed by atoms with Gasteiger partial charge in [0.1, 0.15) is 9.84 Å². The van der Waals surface area contributed by atoms with Crippen molar-refractivity contribution >= 4 is 27.4 Å². The van der Waals surface area contributed by atoms with Crippen molar-refractivity contribution in [3.05, 3.63) is 0 Å². The highest BCUT2D eigenvalue weighted by molar-refractivity contribution is 7.90. The van der Waals surface area contributed by atoms with Gasteiger partial charge in [-0.3, -0.25) is 4.79 Å². The average Bonchev–Trinajstić information content (AvgIpc) is 1.80. The highest BCUT2D eigenvalue weighted by Crippen LogP contribution is 2.18. The van der Waals surface area contributed by atoms with Gasteiger partial charge < -0.3 is 4.74 Å². The molecule has 0 saturated heterocycles. The molecule has 0 aromatic carbocycles. The third-order valence-electron chi connectivity index (χ3n) is 1.14. The molecule has 0 rings (SSSR count). The maximum Gasteiger partial charge on any atom is 0.327 e. The average molecular weight is 215 g/mol. The van der Waals surface area contributed by atoms with Gasteiger partial charge in [-0.25, -0.2) is 8.42 Å². The Morgan fingerprint density at radius 2 is 2.00 bits per heavy atom. The van der Waals surface area contributed by atoms with Crippen molar-refractivity contribution in [2.75, 3.05) is 19.1 Å². The molecule has 0 aliphatic heterocycles. The highest BCUT2D eigenvalue weighted by atomic mass is 35.5. The Morgan fingerprint density at radius 3 is 2.25 bits per heavy atom. The lowest BCUT2D eigenvalue weighted by Gasteiger charge is -2.16. The minimum absolute atomic E-state index is 0.422. The molecule has 0 aliphatic carbocycles. The Morgan fingerprint density at radius 1 is 1.58 bits per heavy atom. The quantitative estimate of drug-likeness (QED) is 0.498. The van der Waals surface area contributed by atoms with Gasteiger partial charge in [0.2, 0.25) is 0 Å². The molecule has 0 bridgehead atoms. The molecule has 6 heteroatoms. The number of hydrogen-bond acceptors (Lipinski definition) is 4. The Balaban J connectivity index is 4.54. The molecular weight excluding hydrogens is 204 g/mol. The van der Waals surface area contributed by atoms with Gasteiger partial charge in [-0.1, -0.05) is 0 Å². The van der Waals surface area contributed by atoms with Crippen LogP contribution < -0.4 is 0 Å². The lowest BCUT2D eigenvalue weighted by molar-refractivity contribution is -0.142. The summed E-state index contributed by atoms with van der Waals surface area (Å²) in [6.45, 7) is 1.31. The van der Waals surface area contributed by atoms with Gasteiger partial charge >= 0.3 is 5.97 Å². The zero-order chi connectivity index (χ0) is 9.99. The van der Waals surface area contributed by atoms with E-state index in [1.807, 2.05) is 0 Å². The molecule has 12 heavy (non-hydrogen) atoms. The zero-order valence-corrected chi connectivity index (χ0v) is 8.70. The number of carbonyl (C=O) groups excluding carboxylic acids is 1. The summed E-state index contributed by atoms with van der Waals surface area (Å²) in [5, 5.41) is 0. The highest BCUT2D eigenvalue weighted by Gasteiger charge is 2.35. The smallest absolute Gasteiger partial charge is 0.327 e. The summed E-state index contributed by atoms with van der Waals surface area (Å²) >= 11 is 5.62. The van der Waals surface area contributed by atoms with Crippen LogP contribution in [0.1, 0.15) is 6.92 Å². The number of ether oxygens (including phenoxy) is 1. The second kappa shape index (κ2) is 3.62. The van der Waals surface area contributed by atoms with Crippen LogP contribution in [0, 0.1) is 0 Å². The molecule has 1 unspecified atom stereocenters. The van der Waals surface area contributed by atoms with Gasteiger partial charge in [0.05, 0.1) is 12.9 Å². The molecule has 1 atom stereocenters. The maximum atomic E-state index is 10.9. The number of methoxy groups -OCH3 is 1. The van der Waals surface area contributed by atoms with E-state index >= 15 is 0 Å². The first-order valence-electron chi connectivity index (χ1n) is 3.14. The van der Waals surface area contributed by atoms with Crippen molar-refractivity contribution in [2.24, 2.45) is 0 Å². The topological polar surface area (TPSA) is 60.4 Å². The molecule has 0 heterocycles. The molecule has 72 valence electrons. The van der Waals surface area contributed by atoms with Crippen LogP contribution in [0.3, 0.4) is 0 Å². The van der Waals surface area contributed by atoms with Crippen LogP contribution in [0.4, 0.5) is 0 Å². The number of sulfone groups is 1. The summed E-state index contributed by atoms with van der Waals surface area (Å²) in [6.07, 6.45) is 1.01. The predicted octanol–water partition coefficient (Wildman–Crippen LogP) is 0.202. The van der Waals surface area contributed by atoms with E-state index in [0.717, 1.165) is 13.4 Å². The van der Waals surface area contributed by atoms with Gasteiger partial charge in [-0.05, 0) is 6.92 Å². The van der Waals surface area contributed by atoms with Crippen LogP contribution in [0.15, 0.2) is 0 Å². The Kier molecular flexibility index (Phi) is 3.53. The number of hydrogen-bond donors (Lipinski definition) is 0. The molecule has 0 amide bonds. The van der Waals surface area contributed by atoms with Gasteiger partial charge in [-0.2, -0.15) is 0 Å². The summed E-state index contributed by atoms with van der Waals surface area (Å²) < 4.78 is 25.9. The number of carbonyl (C=O) groups is 1. The van der Waals surface area contributed by atoms with Crippen LogP contribution in [0.2, 0.25) is 0 Å². The maximum absolute atomic E-state index is 10.9. The lowest BCUT2D eigenvalue weighted by Crippen LogP contribution is -2.37. The van der Waals surface area contributed by atoms with Crippen LogP contribution in [-0.2, 0) is 19.4 Å². The van der Waals surface area contributed by atoms with Gasteiger partial charge in [0.25, 0.3) is 0 Å². The molecule has 0 aliphatic rings. The van der Waals surface area contributed by atoms with Gasteiger partial charge in [0.15, 0.2) is 4.87 Å². The third-order valence-corrected chi connectivity index (χ3v) is 2.69. The zero-order valence-electron chi connectivity index (χ0n) is 7.13. The minimum atomic E-state index is -3.27. The van der Waals surface area contributed by atoms with Crippen LogP contribution in [0.25, 0.3) is 0 Å². The number of alkyl halides is 1. The molecule has 0 aromatic heterocycles. The van der Waals surface area contributed by atoms with Gasteiger partial charge in [-0.15, -0.1) is 11.6 Å². The predicted molar refractivity (Wildman–Crippen MR) is 46.0 cm³/mol. The molecule has 0 fully saturated rings. The fraction of sp³-hybridized carbons (Fsp3) is 0.833. The van der Waals surface area contributed by atoms with Crippen LogP contribution in [-0.4, -0.2) is 38.4 Å². The normalized spacial score (nSPS) is 16.7. The van der Waals surface area contributed by atoms with Crippen molar-refractivity contribution in [3.8, 4) is 0 Å².